The van der Waals surface area contributed by atoms with Crippen LogP contribution in [0.1, 0.15) is 5.56 Å². The number of benzene rings is 2. The van der Waals surface area contributed by atoms with E-state index < -0.39 is 0 Å². The molecule has 0 aliphatic heterocycles. The second-order valence-corrected chi connectivity index (χ2v) is 3.44. The Hall–Kier alpha value is -2.00. The van der Waals surface area contributed by atoms with Crippen LogP contribution < -0.4 is 0 Å². The number of rotatable bonds is 1. The van der Waals surface area contributed by atoms with E-state index in [2.05, 4.69) is 30.2 Å². The Bertz CT molecular complexity index is 437. The summed E-state index contributed by atoms with van der Waals surface area (Å²) >= 11 is 0. The molecule has 1 aromatic carbocycles. The van der Waals surface area contributed by atoms with Gasteiger partial charge < -0.3 is 0 Å². The van der Waals surface area contributed by atoms with Gasteiger partial charge >= 0.3 is 0 Å². The number of hydrogen-bond acceptors (Lipinski definition) is 0. The highest BCUT2D eigenvalue weighted by molar-refractivity contribution is 5.75. The largest absolute Gasteiger partial charge is 0.120 e. The molecule has 0 bridgehead atoms. The van der Waals surface area contributed by atoms with Crippen molar-refractivity contribution in [2.24, 2.45) is 0 Å². The molecule has 0 fully saturated rings. The quantitative estimate of drug-likeness (QED) is 0.517. The van der Waals surface area contributed by atoms with Gasteiger partial charge in [-0.05, 0) is 16.7 Å². The van der Waals surface area contributed by atoms with Gasteiger partial charge in [-0.15, -0.1) is 12.3 Å². The Morgan fingerprint density at radius 1 is 0.800 bits per heavy atom. The molecule has 1 aromatic rings. The van der Waals surface area contributed by atoms with Crippen molar-refractivity contribution >= 4 is 0 Å². The van der Waals surface area contributed by atoms with Crippen LogP contribution in [0, 0.1) is 12.3 Å². The van der Waals surface area contributed by atoms with Crippen LogP contribution in [0.3, 0.4) is 0 Å². The SMILES string of the molecule is C#CCc1ccccc1.c1cc2ccc1-2. The minimum atomic E-state index is 0.737. The molecule has 0 heteroatoms. The van der Waals surface area contributed by atoms with Crippen LogP contribution in [-0.4, -0.2) is 0 Å². The molecule has 0 amide bonds. The molecular weight excluding hydrogens is 180 g/mol. The third-order valence-electron chi connectivity index (χ3n) is 2.37. The van der Waals surface area contributed by atoms with Gasteiger partial charge in [-0.25, -0.2) is 0 Å². The third kappa shape index (κ3) is 2.27. The van der Waals surface area contributed by atoms with Gasteiger partial charge in [0.2, 0.25) is 0 Å². The summed E-state index contributed by atoms with van der Waals surface area (Å²) in [4.78, 5) is 0. The van der Waals surface area contributed by atoms with Crippen molar-refractivity contribution in [1.82, 2.24) is 0 Å². The summed E-state index contributed by atoms with van der Waals surface area (Å²) in [6, 6.07) is 18.5. The fourth-order valence-corrected chi connectivity index (χ4v) is 1.38. The van der Waals surface area contributed by atoms with Crippen LogP contribution in [0.4, 0.5) is 0 Å². The monoisotopic (exact) mass is 192 g/mol. The summed E-state index contributed by atoms with van der Waals surface area (Å²) in [6.07, 6.45) is 5.85. The average Bonchev–Trinajstić information content (AvgIpc) is 2.26. The van der Waals surface area contributed by atoms with Gasteiger partial charge in [0, 0.05) is 6.42 Å². The number of hydrogen-bond donors (Lipinski definition) is 0. The number of terminal acetylenes is 1. The second kappa shape index (κ2) is 4.48. The summed E-state index contributed by atoms with van der Waals surface area (Å²) in [5.41, 5.74) is 4.06. The highest BCUT2D eigenvalue weighted by Crippen LogP contribution is 2.29. The molecule has 0 heterocycles. The van der Waals surface area contributed by atoms with Crippen molar-refractivity contribution in [1.29, 1.82) is 0 Å². The van der Waals surface area contributed by atoms with Crippen molar-refractivity contribution in [2.75, 3.05) is 0 Å². The van der Waals surface area contributed by atoms with Crippen molar-refractivity contribution in [3.8, 4) is 23.5 Å². The Balaban J connectivity index is 0.000000121. The highest BCUT2D eigenvalue weighted by atomic mass is 14.1. The molecule has 15 heavy (non-hydrogen) atoms. The van der Waals surface area contributed by atoms with E-state index in [1.54, 1.807) is 0 Å². The molecule has 0 nitrogen and oxygen atoms in total. The van der Waals surface area contributed by atoms with E-state index in [0.29, 0.717) is 0 Å². The molecule has 0 N–H and O–H groups in total. The summed E-state index contributed by atoms with van der Waals surface area (Å²) < 4.78 is 0. The Labute approximate surface area is 90.6 Å². The lowest BCUT2D eigenvalue weighted by atomic mass is 9.95. The van der Waals surface area contributed by atoms with Crippen LogP contribution in [-0.2, 0) is 6.42 Å². The van der Waals surface area contributed by atoms with Crippen molar-refractivity contribution in [3.05, 3.63) is 60.2 Å². The highest BCUT2D eigenvalue weighted by Gasteiger charge is 2.03. The second-order valence-electron chi connectivity index (χ2n) is 3.44. The van der Waals surface area contributed by atoms with Gasteiger partial charge in [0.1, 0.15) is 0 Å². The van der Waals surface area contributed by atoms with Crippen LogP contribution >= 0.6 is 0 Å². The minimum Gasteiger partial charge on any atom is -0.120 e. The molecule has 0 atom stereocenters. The van der Waals surface area contributed by atoms with Crippen LogP contribution in [0.2, 0.25) is 0 Å². The fourth-order valence-electron chi connectivity index (χ4n) is 1.38. The predicted octanol–water partition coefficient (Wildman–Crippen LogP) is 3.53. The third-order valence-corrected chi connectivity index (χ3v) is 2.37. The van der Waals surface area contributed by atoms with Crippen molar-refractivity contribution in [3.63, 3.8) is 0 Å². The minimum absolute atomic E-state index is 0.737. The normalized spacial score (nSPS) is 9.53. The predicted molar refractivity (Wildman–Crippen MR) is 64.4 cm³/mol. The van der Waals surface area contributed by atoms with E-state index in [9.17, 15) is 0 Å². The molecule has 0 saturated heterocycles. The van der Waals surface area contributed by atoms with Gasteiger partial charge in [0.05, 0.1) is 0 Å². The summed E-state index contributed by atoms with van der Waals surface area (Å²) in [7, 11) is 0. The standard InChI is InChI=1S/C9H8.C6H4/c1-2-6-9-7-4-3-5-8-9;1-2-6-4-3-5(1)6/h1,3-5,7-8H,6H2;1-4H. The first kappa shape index (κ1) is 9.55. The van der Waals surface area contributed by atoms with Gasteiger partial charge in [-0.2, -0.15) is 0 Å². The lowest BCUT2D eigenvalue weighted by molar-refractivity contribution is 1.32. The molecule has 0 aromatic heterocycles. The van der Waals surface area contributed by atoms with E-state index in [4.69, 9.17) is 6.42 Å². The maximum Gasteiger partial charge on any atom is 0.0337 e. The molecule has 3 rings (SSSR count). The van der Waals surface area contributed by atoms with E-state index in [1.165, 1.54) is 16.7 Å². The summed E-state index contributed by atoms with van der Waals surface area (Å²) in [6.45, 7) is 0. The van der Waals surface area contributed by atoms with E-state index in [0.717, 1.165) is 6.42 Å². The molecular formula is C15H12. The maximum absolute atomic E-state index is 5.11. The summed E-state index contributed by atoms with van der Waals surface area (Å²) in [5.74, 6) is 2.58. The van der Waals surface area contributed by atoms with Crippen LogP contribution in [0.5, 0.6) is 0 Å². The molecule has 2 aliphatic rings. The first-order valence-electron chi connectivity index (χ1n) is 4.98. The van der Waals surface area contributed by atoms with Crippen LogP contribution in [0.15, 0.2) is 54.6 Å². The molecule has 0 unspecified atom stereocenters. The zero-order valence-corrected chi connectivity index (χ0v) is 8.48. The average molecular weight is 192 g/mol. The Morgan fingerprint density at radius 3 is 1.67 bits per heavy atom. The smallest absolute Gasteiger partial charge is 0.0337 e. The van der Waals surface area contributed by atoms with Crippen molar-refractivity contribution < 1.29 is 0 Å². The molecule has 0 saturated carbocycles. The van der Waals surface area contributed by atoms with Crippen molar-refractivity contribution in [2.45, 2.75) is 6.42 Å². The van der Waals surface area contributed by atoms with Gasteiger partial charge in [-0.1, -0.05) is 54.6 Å². The van der Waals surface area contributed by atoms with Gasteiger partial charge in [0.15, 0.2) is 0 Å². The van der Waals surface area contributed by atoms with Gasteiger partial charge in [-0.3, -0.25) is 0 Å². The zero-order chi connectivity index (χ0) is 10.5. The lowest BCUT2D eigenvalue weighted by Crippen LogP contribution is -1.85. The Kier molecular flexibility index (Phi) is 2.85. The number of fused-ring (bicyclic) bond motifs is 1. The van der Waals surface area contributed by atoms with Gasteiger partial charge in [0.25, 0.3) is 0 Å². The van der Waals surface area contributed by atoms with E-state index >= 15 is 0 Å². The maximum atomic E-state index is 5.11. The molecule has 0 radical (unpaired) electrons. The van der Waals surface area contributed by atoms with E-state index in [-0.39, 0.29) is 0 Å². The molecule has 2 aliphatic carbocycles. The first-order valence-corrected chi connectivity index (χ1v) is 4.98. The fraction of sp³-hybridized carbons (Fsp3) is 0.0667. The Morgan fingerprint density at radius 2 is 1.33 bits per heavy atom. The van der Waals surface area contributed by atoms with Crippen LogP contribution in [0.25, 0.3) is 11.1 Å². The molecule has 0 spiro atoms. The topological polar surface area (TPSA) is 0 Å². The first-order chi connectivity index (χ1) is 7.40. The van der Waals surface area contributed by atoms with E-state index in [1.807, 2.05) is 30.3 Å². The zero-order valence-electron chi connectivity index (χ0n) is 8.48. The summed E-state index contributed by atoms with van der Waals surface area (Å²) in [5, 5.41) is 0. The lowest BCUT2D eigenvalue weighted by Gasteiger charge is -2.10. The molecule has 72 valence electrons.